The van der Waals surface area contributed by atoms with Crippen LogP contribution >= 0.6 is 11.3 Å². The van der Waals surface area contributed by atoms with Crippen LogP contribution in [0.15, 0.2) is 35.1 Å². The summed E-state index contributed by atoms with van der Waals surface area (Å²) in [6.45, 7) is 3.65. The maximum absolute atomic E-state index is 12.7. The van der Waals surface area contributed by atoms with Gasteiger partial charge in [-0.2, -0.15) is 5.26 Å². The number of rotatable bonds is 4. The van der Waals surface area contributed by atoms with Gasteiger partial charge in [-0.1, -0.05) is 6.92 Å². The molecule has 0 radical (unpaired) electrons. The standard InChI is InChI=1S/C18H16N4O2S/c1-3-14-8-15-17(25-14)20-11(2)22(18(15)24)10-16(23)21-13-6-4-12(9-19)5-7-13/h4-8H,3,10H2,1-2H3,(H,21,23). The van der Waals surface area contributed by atoms with Gasteiger partial charge in [0.1, 0.15) is 17.2 Å². The van der Waals surface area contributed by atoms with Crippen LogP contribution in [0.3, 0.4) is 0 Å². The topological polar surface area (TPSA) is 87.8 Å². The van der Waals surface area contributed by atoms with E-state index in [2.05, 4.69) is 10.3 Å². The largest absolute Gasteiger partial charge is 0.325 e. The second kappa shape index (κ2) is 6.87. The molecular formula is C18H16N4O2S. The molecule has 1 aromatic carbocycles. The van der Waals surface area contributed by atoms with Crippen LogP contribution in [-0.4, -0.2) is 15.5 Å². The second-order valence-corrected chi connectivity index (χ2v) is 6.69. The lowest BCUT2D eigenvalue weighted by molar-refractivity contribution is -0.116. The highest BCUT2D eigenvalue weighted by atomic mass is 32.1. The minimum absolute atomic E-state index is 0.106. The molecule has 0 saturated carbocycles. The molecule has 0 spiro atoms. The molecule has 2 aromatic heterocycles. The zero-order chi connectivity index (χ0) is 18.0. The molecule has 0 atom stereocenters. The Labute approximate surface area is 148 Å². The van der Waals surface area contributed by atoms with Gasteiger partial charge in [-0.3, -0.25) is 14.2 Å². The molecule has 1 N–H and O–H groups in total. The van der Waals surface area contributed by atoms with Gasteiger partial charge in [-0.25, -0.2) is 4.98 Å². The van der Waals surface area contributed by atoms with E-state index in [9.17, 15) is 9.59 Å². The zero-order valence-electron chi connectivity index (χ0n) is 13.9. The Morgan fingerprint density at radius 3 is 2.72 bits per heavy atom. The van der Waals surface area contributed by atoms with E-state index in [4.69, 9.17) is 5.26 Å². The molecule has 0 aliphatic rings. The van der Waals surface area contributed by atoms with Gasteiger partial charge in [0.25, 0.3) is 5.56 Å². The average molecular weight is 352 g/mol. The Morgan fingerprint density at radius 1 is 1.36 bits per heavy atom. The summed E-state index contributed by atoms with van der Waals surface area (Å²) in [6, 6.07) is 10.4. The normalized spacial score (nSPS) is 10.6. The molecule has 0 fully saturated rings. The number of fused-ring (bicyclic) bond motifs is 1. The molecule has 7 heteroatoms. The third kappa shape index (κ3) is 3.44. The molecule has 3 aromatic rings. The molecule has 2 heterocycles. The van der Waals surface area contributed by atoms with Gasteiger partial charge in [-0.05, 0) is 43.7 Å². The number of benzene rings is 1. The first-order valence-corrected chi connectivity index (χ1v) is 8.63. The second-order valence-electron chi connectivity index (χ2n) is 5.57. The summed E-state index contributed by atoms with van der Waals surface area (Å²) in [7, 11) is 0. The van der Waals surface area contributed by atoms with Crippen LogP contribution in [0.25, 0.3) is 10.2 Å². The number of nitrogens with zero attached hydrogens (tertiary/aromatic N) is 3. The first kappa shape index (κ1) is 16.9. The first-order valence-electron chi connectivity index (χ1n) is 7.81. The Morgan fingerprint density at radius 2 is 2.08 bits per heavy atom. The zero-order valence-corrected chi connectivity index (χ0v) is 14.7. The summed E-state index contributed by atoms with van der Waals surface area (Å²) in [5.41, 5.74) is 0.893. The average Bonchev–Trinajstić information content (AvgIpc) is 3.02. The minimum Gasteiger partial charge on any atom is -0.325 e. The number of aryl methyl sites for hydroxylation is 2. The summed E-state index contributed by atoms with van der Waals surface area (Å²) < 4.78 is 1.38. The van der Waals surface area contributed by atoms with Crippen LogP contribution in [0.5, 0.6) is 0 Å². The maximum atomic E-state index is 12.7. The van der Waals surface area contributed by atoms with E-state index < -0.39 is 0 Å². The van der Waals surface area contributed by atoms with Crippen molar-refractivity contribution in [2.45, 2.75) is 26.8 Å². The number of anilines is 1. The van der Waals surface area contributed by atoms with Crippen molar-refractivity contribution in [3.8, 4) is 6.07 Å². The SMILES string of the molecule is CCc1cc2c(=O)n(CC(=O)Nc3ccc(C#N)cc3)c(C)nc2s1. The highest BCUT2D eigenvalue weighted by Gasteiger charge is 2.14. The molecule has 0 aliphatic carbocycles. The number of nitriles is 1. The van der Waals surface area contributed by atoms with Crippen LogP contribution in [0.4, 0.5) is 5.69 Å². The summed E-state index contributed by atoms with van der Waals surface area (Å²) >= 11 is 1.51. The number of nitrogens with one attached hydrogen (secondary N) is 1. The summed E-state index contributed by atoms with van der Waals surface area (Å²) in [4.78, 5) is 31.2. The fourth-order valence-corrected chi connectivity index (χ4v) is 3.50. The van der Waals surface area contributed by atoms with Crippen molar-refractivity contribution < 1.29 is 4.79 Å². The van der Waals surface area contributed by atoms with E-state index in [0.717, 1.165) is 11.3 Å². The van der Waals surface area contributed by atoms with Crippen molar-refractivity contribution in [2.24, 2.45) is 0 Å². The van der Waals surface area contributed by atoms with E-state index in [-0.39, 0.29) is 18.0 Å². The van der Waals surface area contributed by atoms with Gasteiger partial charge in [0, 0.05) is 10.6 Å². The van der Waals surface area contributed by atoms with Crippen LogP contribution in [0.1, 0.15) is 23.2 Å². The van der Waals surface area contributed by atoms with Crippen molar-refractivity contribution in [3.05, 3.63) is 57.0 Å². The molecule has 126 valence electrons. The minimum atomic E-state index is -0.318. The maximum Gasteiger partial charge on any atom is 0.262 e. The lowest BCUT2D eigenvalue weighted by atomic mass is 10.2. The van der Waals surface area contributed by atoms with Gasteiger partial charge in [0.15, 0.2) is 0 Å². The molecule has 0 unspecified atom stereocenters. The molecule has 0 aliphatic heterocycles. The van der Waals surface area contributed by atoms with Gasteiger partial charge in [-0.15, -0.1) is 11.3 Å². The molecule has 25 heavy (non-hydrogen) atoms. The smallest absolute Gasteiger partial charge is 0.262 e. The predicted octanol–water partition coefficient (Wildman–Crippen LogP) is 2.84. The highest BCUT2D eigenvalue weighted by Crippen LogP contribution is 2.22. The molecular weight excluding hydrogens is 336 g/mol. The molecule has 1 amide bonds. The Hall–Kier alpha value is -2.98. The highest BCUT2D eigenvalue weighted by molar-refractivity contribution is 7.18. The number of carbonyl (C=O) groups excluding carboxylic acids is 1. The number of thiophene rings is 1. The third-order valence-corrected chi connectivity index (χ3v) is 5.01. The third-order valence-electron chi connectivity index (χ3n) is 3.84. The predicted molar refractivity (Wildman–Crippen MR) is 97.8 cm³/mol. The number of hydrogen-bond donors (Lipinski definition) is 1. The van der Waals surface area contributed by atoms with Crippen LogP contribution in [0.2, 0.25) is 0 Å². The molecule has 0 bridgehead atoms. The Bertz CT molecular complexity index is 1040. The quantitative estimate of drug-likeness (QED) is 0.782. The van der Waals surface area contributed by atoms with Crippen LogP contribution < -0.4 is 10.9 Å². The number of aromatic nitrogens is 2. The number of carbonyl (C=O) groups is 1. The number of amides is 1. The van der Waals surface area contributed by atoms with Crippen LogP contribution in [-0.2, 0) is 17.8 Å². The van der Waals surface area contributed by atoms with Crippen molar-refractivity contribution >= 4 is 33.1 Å². The Kier molecular flexibility index (Phi) is 4.63. The summed E-state index contributed by atoms with van der Waals surface area (Å²) in [6.07, 6.45) is 0.846. The van der Waals surface area contributed by atoms with Crippen molar-refractivity contribution in [3.63, 3.8) is 0 Å². The monoisotopic (exact) mass is 352 g/mol. The van der Waals surface area contributed by atoms with Gasteiger partial charge >= 0.3 is 0 Å². The first-order chi connectivity index (χ1) is 12.0. The van der Waals surface area contributed by atoms with E-state index in [1.54, 1.807) is 31.2 Å². The van der Waals surface area contributed by atoms with Gasteiger partial charge in [0.05, 0.1) is 17.0 Å². The number of hydrogen-bond acceptors (Lipinski definition) is 5. The van der Waals surface area contributed by atoms with Crippen LogP contribution in [0, 0.1) is 18.3 Å². The van der Waals surface area contributed by atoms with E-state index in [1.165, 1.54) is 15.9 Å². The van der Waals surface area contributed by atoms with Crippen molar-refractivity contribution in [1.29, 1.82) is 5.26 Å². The van der Waals surface area contributed by atoms with Gasteiger partial charge in [0.2, 0.25) is 5.91 Å². The fraction of sp³-hybridized carbons (Fsp3) is 0.222. The fourth-order valence-electron chi connectivity index (χ4n) is 2.50. The summed E-state index contributed by atoms with van der Waals surface area (Å²) in [5, 5.41) is 12.1. The van der Waals surface area contributed by atoms with Crippen molar-refractivity contribution in [2.75, 3.05) is 5.32 Å². The Balaban J connectivity index is 1.85. The van der Waals surface area contributed by atoms with E-state index in [1.807, 2.05) is 19.1 Å². The van der Waals surface area contributed by atoms with E-state index >= 15 is 0 Å². The van der Waals surface area contributed by atoms with E-state index in [0.29, 0.717) is 27.3 Å². The lowest BCUT2D eigenvalue weighted by Gasteiger charge is -2.10. The molecule has 6 nitrogen and oxygen atoms in total. The van der Waals surface area contributed by atoms with Crippen molar-refractivity contribution in [1.82, 2.24) is 9.55 Å². The molecule has 3 rings (SSSR count). The molecule has 0 saturated heterocycles. The summed E-state index contributed by atoms with van der Waals surface area (Å²) in [5.74, 6) is 0.194. The van der Waals surface area contributed by atoms with Gasteiger partial charge < -0.3 is 5.32 Å². The lowest BCUT2D eigenvalue weighted by Crippen LogP contribution is -2.29.